The van der Waals surface area contributed by atoms with E-state index in [0.717, 1.165) is 37.5 Å². The van der Waals surface area contributed by atoms with Crippen molar-refractivity contribution in [3.05, 3.63) is 40.3 Å². The molecule has 1 aromatic rings. The average Bonchev–Trinajstić information content (AvgIpc) is 2.45. The smallest absolute Gasteiger partial charge is 0.264 e. The molecule has 0 spiro atoms. The molecule has 6 nitrogen and oxygen atoms in total. The molecule has 0 aliphatic heterocycles. The Hall–Kier alpha value is -1.34. The summed E-state index contributed by atoms with van der Waals surface area (Å²) < 4.78 is 31.9. The fourth-order valence-electron chi connectivity index (χ4n) is 2.09. The molecule has 0 amide bonds. The van der Waals surface area contributed by atoms with E-state index >= 15 is 0 Å². The molecular formula is C14H23N3O3SSi. The van der Waals surface area contributed by atoms with Gasteiger partial charge in [0, 0.05) is 16.0 Å². The fraction of sp³-hybridized carbons (Fsp3) is 0.571. The summed E-state index contributed by atoms with van der Waals surface area (Å²) in [6.07, 6.45) is 2.94. The zero-order valence-electron chi connectivity index (χ0n) is 13.3. The largest absolute Gasteiger partial charge is 0.417 e. The van der Waals surface area contributed by atoms with Gasteiger partial charge in [0.1, 0.15) is 0 Å². The molecule has 122 valence electrons. The van der Waals surface area contributed by atoms with Crippen molar-refractivity contribution in [2.24, 2.45) is 4.52 Å². The van der Waals surface area contributed by atoms with Gasteiger partial charge in [0.2, 0.25) is 0 Å². The molecule has 0 atom stereocenters. The van der Waals surface area contributed by atoms with Gasteiger partial charge in [-0.25, -0.2) is 8.42 Å². The Morgan fingerprint density at radius 2 is 1.91 bits per heavy atom. The van der Waals surface area contributed by atoms with Crippen LogP contribution in [0.2, 0.25) is 19.1 Å². The van der Waals surface area contributed by atoms with Crippen molar-refractivity contribution >= 4 is 18.3 Å². The number of aryl methyl sites for hydroxylation is 1. The number of sulfonamides is 1. The molecule has 0 saturated carbocycles. The lowest BCUT2D eigenvalue weighted by Crippen LogP contribution is -2.30. The molecule has 22 heavy (non-hydrogen) atoms. The third-order valence-corrected chi connectivity index (χ3v) is 7.01. The van der Waals surface area contributed by atoms with Crippen molar-refractivity contribution in [3.63, 3.8) is 0 Å². The molecule has 0 heterocycles. The lowest BCUT2D eigenvalue weighted by Gasteiger charge is -2.22. The van der Waals surface area contributed by atoms with Crippen LogP contribution in [0, 0.1) is 0 Å². The van der Waals surface area contributed by atoms with Crippen molar-refractivity contribution in [1.29, 1.82) is 0 Å². The zero-order valence-corrected chi connectivity index (χ0v) is 15.1. The van der Waals surface area contributed by atoms with Crippen LogP contribution in [-0.2, 0) is 20.9 Å². The maximum atomic E-state index is 11.6. The Bertz CT molecular complexity index is 623. The monoisotopic (exact) mass is 341 g/mol. The lowest BCUT2D eigenvalue weighted by atomic mass is 10.1. The summed E-state index contributed by atoms with van der Waals surface area (Å²) in [5.74, 6) is 0. The highest BCUT2D eigenvalue weighted by Gasteiger charge is 2.21. The van der Waals surface area contributed by atoms with E-state index in [1.807, 2.05) is 0 Å². The lowest BCUT2D eigenvalue weighted by molar-refractivity contribution is 0.305. The molecule has 1 rings (SSSR count). The van der Waals surface area contributed by atoms with Gasteiger partial charge < -0.3 is 4.43 Å². The van der Waals surface area contributed by atoms with Crippen LogP contribution in [0.3, 0.4) is 0 Å². The Morgan fingerprint density at radius 1 is 1.27 bits per heavy atom. The van der Waals surface area contributed by atoms with Gasteiger partial charge in [0.15, 0.2) is 8.32 Å². The number of nitrogens with zero attached hydrogens (tertiary/aromatic N) is 3. The number of benzene rings is 1. The molecule has 0 aromatic heterocycles. The first kappa shape index (κ1) is 18.7. The normalized spacial score (nSPS) is 12.0. The van der Waals surface area contributed by atoms with E-state index in [2.05, 4.69) is 29.4 Å². The summed E-state index contributed by atoms with van der Waals surface area (Å²) in [6, 6.07) is 7.57. The van der Waals surface area contributed by atoms with Gasteiger partial charge in [0.25, 0.3) is 10.0 Å². The van der Waals surface area contributed by atoms with Gasteiger partial charge in [-0.05, 0) is 61.6 Å². The molecule has 8 heteroatoms. The summed E-state index contributed by atoms with van der Waals surface area (Å²) in [4.78, 5) is 2.36. The first-order valence-corrected chi connectivity index (χ1v) is 11.9. The topological polar surface area (TPSA) is 92.1 Å². The van der Waals surface area contributed by atoms with Crippen LogP contribution in [0.5, 0.6) is 0 Å². The number of azide groups is 1. The minimum absolute atomic E-state index is 0.0232. The van der Waals surface area contributed by atoms with Crippen LogP contribution >= 0.6 is 0 Å². The molecule has 0 aliphatic rings. The molecule has 0 unspecified atom stereocenters. The third-order valence-electron chi connectivity index (χ3n) is 3.31. The van der Waals surface area contributed by atoms with Crippen LogP contribution in [-0.4, -0.2) is 23.3 Å². The molecule has 0 fully saturated rings. The van der Waals surface area contributed by atoms with Gasteiger partial charge in [-0.15, -0.1) is 0 Å². The summed E-state index contributed by atoms with van der Waals surface area (Å²) in [5, 5.41) is 0. The molecule has 0 bridgehead atoms. The highest BCUT2D eigenvalue weighted by Crippen LogP contribution is 2.18. The van der Waals surface area contributed by atoms with Gasteiger partial charge in [-0.1, -0.05) is 19.1 Å². The van der Waals surface area contributed by atoms with Crippen molar-refractivity contribution in [2.75, 3.05) is 6.61 Å². The average molecular weight is 342 g/mol. The van der Waals surface area contributed by atoms with Gasteiger partial charge in [0.05, 0.1) is 4.90 Å². The highest BCUT2D eigenvalue weighted by atomic mass is 32.2. The SMILES string of the molecule is CCCO[Si](C)(C)CCCc1ccc(S(=O)(=O)N=[N+]=[N-])cc1. The van der Waals surface area contributed by atoms with Crippen LogP contribution in [0.15, 0.2) is 33.7 Å². The first-order valence-electron chi connectivity index (χ1n) is 7.35. The van der Waals surface area contributed by atoms with E-state index in [9.17, 15) is 8.42 Å². The van der Waals surface area contributed by atoms with Crippen molar-refractivity contribution < 1.29 is 12.8 Å². The second kappa shape index (κ2) is 8.33. The van der Waals surface area contributed by atoms with Crippen LogP contribution in [0.25, 0.3) is 10.4 Å². The number of hydrogen-bond donors (Lipinski definition) is 0. The van der Waals surface area contributed by atoms with Gasteiger partial charge in [-0.3, -0.25) is 0 Å². The van der Waals surface area contributed by atoms with E-state index in [0.29, 0.717) is 0 Å². The Balaban J connectivity index is 2.57. The van der Waals surface area contributed by atoms with Crippen molar-refractivity contribution in [1.82, 2.24) is 0 Å². The molecule has 1 aromatic carbocycles. The second-order valence-corrected chi connectivity index (χ2v) is 11.6. The van der Waals surface area contributed by atoms with E-state index in [1.54, 1.807) is 12.1 Å². The van der Waals surface area contributed by atoms with Crippen molar-refractivity contribution in [2.45, 2.75) is 50.2 Å². The minimum atomic E-state index is -3.89. The van der Waals surface area contributed by atoms with Crippen LogP contribution in [0.1, 0.15) is 25.3 Å². The minimum Gasteiger partial charge on any atom is -0.417 e. The first-order chi connectivity index (χ1) is 10.3. The second-order valence-electron chi connectivity index (χ2n) is 5.75. The number of hydrogen-bond acceptors (Lipinski definition) is 3. The molecule has 0 radical (unpaired) electrons. The maximum Gasteiger partial charge on any atom is 0.264 e. The van der Waals surface area contributed by atoms with Crippen molar-refractivity contribution in [3.8, 4) is 0 Å². The standard InChI is InChI=1S/C14H23N3O3SSi/c1-4-11-20-22(2,3)12-5-6-13-7-9-14(10-8-13)21(18,19)17-16-15/h7-10H,4-6,11-12H2,1-3H3. The highest BCUT2D eigenvalue weighted by molar-refractivity contribution is 7.90. The Morgan fingerprint density at radius 3 is 2.45 bits per heavy atom. The quantitative estimate of drug-likeness (QED) is 0.291. The van der Waals surface area contributed by atoms with E-state index in [1.165, 1.54) is 12.1 Å². The molecule has 0 saturated heterocycles. The summed E-state index contributed by atoms with van der Waals surface area (Å²) in [7, 11) is -5.47. The predicted octanol–water partition coefficient (Wildman–Crippen LogP) is 4.25. The molecule has 0 N–H and O–H groups in total. The van der Waals surface area contributed by atoms with E-state index in [-0.39, 0.29) is 4.90 Å². The Labute approximate surface area is 133 Å². The van der Waals surface area contributed by atoms with E-state index < -0.39 is 18.3 Å². The summed E-state index contributed by atoms with van der Waals surface area (Å²) in [5.41, 5.74) is 9.31. The summed E-state index contributed by atoms with van der Waals surface area (Å²) in [6.45, 7) is 7.37. The Kier molecular flexibility index (Phi) is 7.08. The van der Waals surface area contributed by atoms with Crippen LogP contribution in [0.4, 0.5) is 0 Å². The van der Waals surface area contributed by atoms with Gasteiger partial charge >= 0.3 is 0 Å². The van der Waals surface area contributed by atoms with Gasteiger partial charge in [-0.2, -0.15) is 0 Å². The molecule has 0 aliphatic carbocycles. The predicted molar refractivity (Wildman–Crippen MR) is 89.6 cm³/mol. The fourth-order valence-corrected chi connectivity index (χ4v) is 4.69. The van der Waals surface area contributed by atoms with Crippen LogP contribution < -0.4 is 0 Å². The third kappa shape index (κ3) is 6.19. The van der Waals surface area contributed by atoms with E-state index in [4.69, 9.17) is 9.96 Å². The molecular weight excluding hydrogens is 318 g/mol. The maximum absolute atomic E-state index is 11.6. The zero-order chi connectivity index (χ0) is 16.6. The number of rotatable bonds is 9. The summed E-state index contributed by atoms with van der Waals surface area (Å²) >= 11 is 0.